The molecule has 0 saturated heterocycles. The molecule has 0 atom stereocenters. The molecule has 0 spiro atoms. The van der Waals surface area contributed by atoms with Gasteiger partial charge in [-0.15, -0.1) is 11.3 Å². The molecule has 0 aliphatic carbocycles. The summed E-state index contributed by atoms with van der Waals surface area (Å²) in [5.41, 5.74) is 3.53. The van der Waals surface area contributed by atoms with E-state index >= 15 is 0 Å². The molecule has 0 aliphatic rings. The van der Waals surface area contributed by atoms with Crippen molar-refractivity contribution in [3.8, 4) is 22.9 Å². The van der Waals surface area contributed by atoms with Crippen LogP contribution in [0.5, 0.6) is 5.75 Å². The van der Waals surface area contributed by atoms with Crippen LogP contribution in [0.25, 0.3) is 32.2 Å². The number of nitrogens with zero attached hydrogens (tertiary/aromatic N) is 4. The molecule has 0 saturated carbocycles. The number of carbonyl (C=O) groups is 1. The van der Waals surface area contributed by atoms with Gasteiger partial charge in [0.1, 0.15) is 24.3 Å². The highest BCUT2D eigenvalue weighted by Crippen LogP contribution is 2.40. The van der Waals surface area contributed by atoms with Gasteiger partial charge in [0.25, 0.3) is 5.56 Å². The number of carboxylic acid groups (broad SMARTS) is 1. The van der Waals surface area contributed by atoms with Gasteiger partial charge in [-0.2, -0.15) is 5.26 Å². The van der Waals surface area contributed by atoms with E-state index in [0.29, 0.717) is 60.6 Å². The van der Waals surface area contributed by atoms with Crippen LogP contribution in [0.3, 0.4) is 0 Å². The Bertz CT molecular complexity index is 1940. The maximum absolute atomic E-state index is 13.5. The predicted molar refractivity (Wildman–Crippen MR) is 157 cm³/mol. The van der Waals surface area contributed by atoms with Gasteiger partial charge in [-0.1, -0.05) is 30.1 Å². The summed E-state index contributed by atoms with van der Waals surface area (Å²) in [6.07, 6.45) is 0.507. The molecule has 0 fully saturated rings. The molecule has 11 heteroatoms. The van der Waals surface area contributed by atoms with Crippen LogP contribution < -0.4 is 10.3 Å². The fourth-order valence-corrected chi connectivity index (χ4v) is 6.32. The van der Waals surface area contributed by atoms with Crippen molar-refractivity contribution in [2.24, 2.45) is 0 Å². The molecule has 1 N–H and O–H groups in total. The summed E-state index contributed by atoms with van der Waals surface area (Å²) < 4.78 is 8.36. The summed E-state index contributed by atoms with van der Waals surface area (Å²) in [5, 5.41) is 22.1. The Labute approximate surface area is 243 Å². The van der Waals surface area contributed by atoms with Crippen molar-refractivity contribution < 1.29 is 14.6 Å². The van der Waals surface area contributed by atoms with Gasteiger partial charge in [0.15, 0.2) is 0 Å². The number of thiophene rings is 1. The number of hydrogen-bond donors (Lipinski definition) is 1. The minimum Gasteiger partial charge on any atom is -0.491 e. The van der Waals surface area contributed by atoms with Gasteiger partial charge in [0, 0.05) is 32.2 Å². The van der Waals surface area contributed by atoms with Crippen LogP contribution in [0.4, 0.5) is 0 Å². The molecular weight excluding hydrogens is 571 g/mol. The van der Waals surface area contributed by atoms with E-state index in [-0.39, 0.29) is 35.2 Å². The fraction of sp³-hybridized carbons (Fsp3) is 0.207. The number of aryl methyl sites for hydroxylation is 2. The summed E-state index contributed by atoms with van der Waals surface area (Å²) in [4.78, 5) is 34.3. The van der Waals surface area contributed by atoms with E-state index in [2.05, 4.69) is 16.0 Å². The zero-order chi connectivity index (χ0) is 28.7. The summed E-state index contributed by atoms with van der Waals surface area (Å²) in [6, 6.07) is 10.8. The molecule has 40 heavy (non-hydrogen) atoms. The van der Waals surface area contributed by atoms with E-state index < -0.39 is 5.97 Å². The predicted octanol–water partition coefficient (Wildman–Crippen LogP) is 6.81. The number of halogens is 2. The lowest BCUT2D eigenvalue weighted by molar-refractivity contribution is 0.0699. The number of fused-ring (bicyclic) bond motifs is 2. The molecule has 202 valence electrons. The van der Waals surface area contributed by atoms with E-state index in [0.717, 1.165) is 5.56 Å². The second kappa shape index (κ2) is 10.9. The zero-order valence-corrected chi connectivity index (χ0v) is 24.0. The van der Waals surface area contributed by atoms with Crippen molar-refractivity contribution in [2.75, 3.05) is 6.61 Å². The summed E-state index contributed by atoms with van der Waals surface area (Å²) in [5.74, 6) is -0.0674. The number of ether oxygens (including phenoxy) is 1. The number of aromatic nitrogens is 3. The lowest BCUT2D eigenvalue weighted by atomic mass is 10.0. The fourth-order valence-electron chi connectivity index (χ4n) is 4.81. The van der Waals surface area contributed by atoms with Gasteiger partial charge >= 0.3 is 5.97 Å². The maximum Gasteiger partial charge on any atom is 0.338 e. The van der Waals surface area contributed by atoms with Crippen molar-refractivity contribution in [1.29, 1.82) is 5.26 Å². The normalized spacial score (nSPS) is 11.2. The first-order valence-corrected chi connectivity index (χ1v) is 14.0. The Morgan fingerprint density at radius 3 is 2.65 bits per heavy atom. The lowest BCUT2D eigenvalue weighted by Gasteiger charge is -2.16. The van der Waals surface area contributed by atoms with Gasteiger partial charge in [-0.3, -0.25) is 14.3 Å². The second-order valence-corrected chi connectivity index (χ2v) is 10.8. The lowest BCUT2D eigenvalue weighted by Crippen LogP contribution is -2.27. The van der Waals surface area contributed by atoms with E-state index in [1.165, 1.54) is 15.9 Å². The molecule has 5 aromatic rings. The van der Waals surface area contributed by atoms with Crippen molar-refractivity contribution in [3.63, 3.8) is 0 Å². The van der Waals surface area contributed by atoms with Crippen molar-refractivity contribution in [1.82, 2.24) is 14.5 Å². The molecule has 2 aromatic carbocycles. The quantitative estimate of drug-likeness (QED) is 0.220. The van der Waals surface area contributed by atoms with Crippen molar-refractivity contribution >= 4 is 61.6 Å². The van der Waals surface area contributed by atoms with E-state index in [1.54, 1.807) is 43.5 Å². The van der Waals surface area contributed by atoms with Gasteiger partial charge in [-0.25, -0.2) is 9.78 Å². The summed E-state index contributed by atoms with van der Waals surface area (Å²) in [7, 11) is 0. The van der Waals surface area contributed by atoms with Crippen LogP contribution in [-0.4, -0.2) is 32.2 Å². The van der Waals surface area contributed by atoms with Gasteiger partial charge in [0.2, 0.25) is 0 Å². The number of carboxylic acids is 1. The number of nitriles is 1. The minimum atomic E-state index is -1.05. The molecule has 3 aromatic heterocycles. The van der Waals surface area contributed by atoms with Crippen molar-refractivity contribution in [2.45, 2.75) is 33.7 Å². The average Bonchev–Trinajstić information content (AvgIpc) is 3.34. The molecule has 5 rings (SSSR count). The average molecular weight is 593 g/mol. The summed E-state index contributed by atoms with van der Waals surface area (Å²) >= 11 is 14.0. The number of benzene rings is 2. The molecule has 8 nitrogen and oxygen atoms in total. The second-order valence-electron chi connectivity index (χ2n) is 9.12. The largest absolute Gasteiger partial charge is 0.491 e. The van der Waals surface area contributed by atoms with Gasteiger partial charge in [-0.05, 0) is 56.2 Å². The maximum atomic E-state index is 13.5. The number of pyridine rings is 1. The van der Waals surface area contributed by atoms with E-state index in [9.17, 15) is 20.0 Å². The molecule has 0 unspecified atom stereocenters. The third-order valence-corrected chi connectivity index (χ3v) is 8.22. The first-order valence-electron chi connectivity index (χ1n) is 12.3. The zero-order valence-electron chi connectivity index (χ0n) is 21.7. The molecular formula is C29H22Cl2N4O4S. The Balaban J connectivity index is 1.53. The number of aromatic carboxylic acids is 1. The molecule has 0 amide bonds. The van der Waals surface area contributed by atoms with Crippen molar-refractivity contribution in [3.05, 3.63) is 84.3 Å². The third kappa shape index (κ3) is 4.79. The number of hydrogen-bond acceptors (Lipinski definition) is 7. The molecule has 3 heterocycles. The van der Waals surface area contributed by atoms with Gasteiger partial charge < -0.3 is 9.84 Å². The van der Waals surface area contributed by atoms with Crippen LogP contribution in [-0.2, 0) is 13.0 Å². The monoisotopic (exact) mass is 592 g/mol. The topological polar surface area (TPSA) is 118 Å². The highest BCUT2D eigenvalue weighted by atomic mass is 35.5. The SMILES string of the molecule is CCc1c(Cl)cc2nc(C)n(CCOc3ccc(Cl)cc3-c3cc(C)nc4c(C(=O)O)csc34)c(=O)c2c1C#N. The van der Waals surface area contributed by atoms with Crippen LogP contribution in [0, 0.1) is 25.2 Å². The Morgan fingerprint density at radius 2 is 1.95 bits per heavy atom. The van der Waals surface area contributed by atoms with E-state index in [4.69, 9.17) is 27.9 Å². The molecule has 0 aliphatic heterocycles. The first-order chi connectivity index (χ1) is 19.1. The Morgan fingerprint density at radius 1 is 1.18 bits per heavy atom. The summed E-state index contributed by atoms with van der Waals surface area (Å²) in [6.45, 7) is 5.69. The Hall–Kier alpha value is -3.97. The Kier molecular flexibility index (Phi) is 7.51. The first kappa shape index (κ1) is 27.6. The van der Waals surface area contributed by atoms with Crippen LogP contribution in [0.2, 0.25) is 10.0 Å². The number of rotatable bonds is 7. The third-order valence-electron chi connectivity index (χ3n) is 6.64. The van der Waals surface area contributed by atoms with E-state index in [1.807, 2.05) is 13.0 Å². The van der Waals surface area contributed by atoms with Crippen LogP contribution in [0.1, 0.15) is 39.9 Å². The highest BCUT2D eigenvalue weighted by Gasteiger charge is 2.20. The minimum absolute atomic E-state index is 0.122. The van der Waals surface area contributed by atoms with Crippen LogP contribution >= 0.6 is 34.5 Å². The molecule has 0 bridgehead atoms. The standard InChI is InChI=1S/C29H22Cl2N4O4S/c1-4-17-20(12-32)25-23(11-22(17)31)34-15(3)35(28(25)36)7-8-39-24-6-5-16(30)10-18(24)19-9-14(2)33-26-21(29(37)38)13-40-27(19)26/h5-6,9-11,13H,4,7-8H2,1-3H3,(H,37,38). The smallest absolute Gasteiger partial charge is 0.338 e. The van der Waals surface area contributed by atoms with Gasteiger partial charge in [0.05, 0.1) is 38.8 Å². The highest BCUT2D eigenvalue weighted by molar-refractivity contribution is 7.18. The van der Waals surface area contributed by atoms with Crippen LogP contribution in [0.15, 0.2) is 40.5 Å². The molecule has 0 radical (unpaired) electrons.